The fraction of sp³-hybridized carbons (Fsp3) is 0.467. The van der Waals surface area contributed by atoms with Crippen molar-refractivity contribution in [1.82, 2.24) is 15.0 Å². The van der Waals surface area contributed by atoms with Crippen LogP contribution in [0.5, 0.6) is 5.75 Å². The SMILES string of the molecule is COc1ccc(-n2cc(C3(O)CCOCC3)nn2)cc1C(F)(F)F. The molecule has 1 aromatic heterocycles. The predicted octanol–water partition coefficient (Wildman–Crippen LogP) is 2.29. The Morgan fingerprint density at radius 2 is 2.00 bits per heavy atom. The van der Waals surface area contributed by atoms with Crippen molar-refractivity contribution in [1.29, 1.82) is 0 Å². The smallest absolute Gasteiger partial charge is 0.420 e. The summed E-state index contributed by atoms with van der Waals surface area (Å²) in [4.78, 5) is 0. The van der Waals surface area contributed by atoms with Gasteiger partial charge >= 0.3 is 6.18 Å². The third-order valence-corrected chi connectivity index (χ3v) is 4.04. The van der Waals surface area contributed by atoms with Gasteiger partial charge in [-0.3, -0.25) is 0 Å². The quantitative estimate of drug-likeness (QED) is 0.926. The van der Waals surface area contributed by atoms with Gasteiger partial charge in [0.05, 0.1) is 24.6 Å². The predicted molar refractivity (Wildman–Crippen MR) is 76.9 cm³/mol. The standard InChI is InChI=1S/C15H16F3N3O3/c1-23-12-3-2-10(8-11(12)15(16,17)18)21-9-13(19-20-21)14(22)4-6-24-7-5-14/h2-3,8-9,22H,4-7H2,1H3. The van der Waals surface area contributed by atoms with Crippen LogP contribution in [0.3, 0.4) is 0 Å². The van der Waals surface area contributed by atoms with Gasteiger partial charge in [0.15, 0.2) is 0 Å². The van der Waals surface area contributed by atoms with E-state index < -0.39 is 17.3 Å². The molecule has 1 saturated heterocycles. The number of hydrogen-bond donors (Lipinski definition) is 1. The van der Waals surface area contributed by atoms with Crippen molar-refractivity contribution < 1.29 is 27.8 Å². The van der Waals surface area contributed by atoms with Gasteiger partial charge in [0.2, 0.25) is 0 Å². The molecule has 130 valence electrons. The summed E-state index contributed by atoms with van der Waals surface area (Å²) in [5.74, 6) is -0.269. The molecule has 1 aliphatic rings. The molecule has 2 aromatic rings. The van der Waals surface area contributed by atoms with Crippen LogP contribution < -0.4 is 4.74 Å². The maximum atomic E-state index is 13.1. The minimum atomic E-state index is -4.55. The first-order chi connectivity index (χ1) is 11.3. The fourth-order valence-corrected chi connectivity index (χ4v) is 2.63. The van der Waals surface area contributed by atoms with E-state index >= 15 is 0 Å². The highest BCUT2D eigenvalue weighted by atomic mass is 19.4. The highest BCUT2D eigenvalue weighted by molar-refractivity contribution is 5.45. The third kappa shape index (κ3) is 3.09. The van der Waals surface area contributed by atoms with Crippen LogP contribution in [0, 0.1) is 0 Å². The summed E-state index contributed by atoms with van der Waals surface area (Å²) in [6.07, 6.45) is -2.39. The van der Waals surface area contributed by atoms with Crippen LogP contribution in [-0.2, 0) is 16.5 Å². The molecule has 1 aromatic carbocycles. The van der Waals surface area contributed by atoms with Crippen LogP contribution in [0.2, 0.25) is 0 Å². The summed E-state index contributed by atoms with van der Waals surface area (Å²) in [5, 5.41) is 18.3. The maximum Gasteiger partial charge on any atom is 0.420 e. The van der Waals surface area contributed by atoms with Crippen LogP contribution in [0.15, 0.2) is 24.4 Å². The summed E-state index contributed by atoms with van der Waals surface area (Å²) in [6.45, 7) is 0.786. The van der Waals surface area contributed by atoms with E-state index in [1.807, 2.05) is 0 Å². The van der Waals surface area contributed by atoms with Crippen molar-refractivity contribution in [3.63, 3.8) is 0 Å². The first kappa shape index (κ1) is 16.7. The van der Waals surface area contributed by atoms with Gasteiger partial charge < -0.3 is 14.6 Å². The Morgan fingerprint density at radius 1 is 1.29 bits per heavy atom. The summed E-state index contributed by atoms with van der Waals surface area (Å²) in [7, 11) is 1.18. The molecule has 1 fully saturated rings. The summed E-state index contributed by atoms with van der Waals surface area (Å²) < 4.78 is 50.5. The monoisotopic (exact) mass is 343 g/mol. The number of aliphatic hydroxyl groups is 1. The topological polar surface area (TPSA) is 69.4 Å². The fourth-order valence-electron chi connectivity index (χ4n) is 2.63. The highest BCUT2D eigenvalue weighted by Crippen LogP contribution is 2.37. The largest absolute Gasteiger partial charge is 0.496 e. The molecule has 0 bridgehead atoms. The first-order valence-electron chi connectivity index (χ1n) is 7.32. The summed E-state index contributed by atoms with van der Waals surface area (Å²) in [6, 6.07) is 3.61. The van der Waals surface area contributed by atoms with Gasteiger partial charge in [-0.25, -0.2) is 4.68 Å². The lowest BCUT2D eigenvalue weighted by Gasteiger charge is -2.29. The molecule has 2 heterocycles. The highest BCUT2D eigenvalue weighted by Gasteiger charge is 2.36. The molecule has 0 amide bonds. The third-order valence-electron chi connectivity index (χ3n) is 4.04. The normalized spacial score (nSPS) is 17.7. The zero-order chi connectivity index (χ0) is 17.4. The number of methoxy groups -OCH3 is 1. The minimum absolute atomic E-state index is 0.178. The van der Waals surface area contributed by atoms with E-state index in [1.165, 1.54) is 30.1 Å². The number of alkyl halides is 3. The zero-order valence-corrected chi connectivity index (χ0v) is 12.9. The van der Waals surface area contributed by atoms with E-state index in [1.54, 1.807) is 0 Å². The van der Waals surface area contributed by atoms with E-state index in [4.69, 9.17) is 9.47 Å². The molecular formula is C15H16F3N3O3. The lowest BCUT2D eigenvalue weighted by molar-refractivity contribution is -0.138. The average Bonchev–Trinajstić information content (AvgIpc) is 3.05. The second-order valence-electron chi connectivity index (χ2n) is 5.57. The van der Waals surface area contributed by atoms with Crippen molar-refractivity contribution in [2.24, 2.45) is 0 Å². The Morgan fingerprint density at radius 3 is 2.62 bits per heavy atom. The number of aromatic nitrogens is 3. The number of ether oxygens (including phenoxy) is 2. The molecular weight excluding hydrogens is 327 g/mol. The van der Waals surface area contributed by atoms with E-state index in [0.717, 1.165) is 6.07 Å². The molecule has 1 aliphatic heterocycles. The van der Waals surface area contributed by atoms with Crippen molar-refractivity contribution in [3.05, 3.63) is 35.7 Å². The van der Waals surface area contributed by atoms with Crippen molar-refractivity contribution >= 4 is 0 Å². The van der Waals surface area contributed by atoms with Gasteiger partial charge in [-0.2, -0.15) is 13.2 Å². The van der Waals surface area contributed by atoms with E-state index in [9.17, 15) is 18.3 Å². The molecule has 0 saturated carbocycles. The molecule has 0 atom stereocenters. The van der Waals surface area contributed by atoms with Gasteiger partial charge in [-0.1, -0.05) is 5.21 Å². The Bertz CT molecular complexity index is 724. The van der Waals surface area contributed by atoms with E-state index in [-0.39, 0.29) is 11.4 Å². The lowest BCUT2D eigenvalue weighted by Crippen LogP contribution is -2.33. The summed E-state index contributed by atoms with van der Waals surface area (Å²) in [5.41, 5.74) is -1.58. The van der Waals surface area contributed by atoms with Gasteiger partial charge in [0.1, 0.15) is 17.0 Å². The molecule has 0 aliphatic carbocycles. The lowest BCUT2D eigenvalue weighted by atomic mass is 9.91. The zero-order valence-electron chi connectivity index (χ0n) is 12.9. The van der Waals surface area contributed by atoms with E-state index in [0.29, 0.717) is 31.7 Å². The molecule has 0 unspecified atom stereocenters. The molecule has 9 heteroatoms. The van der Waals surface area contributed by atoms with Gasteiger partial charge in [0.25, 0.3) is 0 Å². The summed E-state index contributed by atoms with van der Waals surface area (Å²) >= 11 is 0. The Hall–Kier alpha value is -2.13. The number of rotatable bonds is 3. The van der Waals surface area contributed by atoms with Crippen LogP contribution in [0.25, 0.3) is 5.69 Å². The van der Waals surface area contributed by atoms with Gasteiger partial charge in [-0.05, 0) is 18.2 Å². The minimum Gasteiger partial charge on any atom is -0.496 e. The Kier molecular flexibility index (Phi) is 4.22. The number of nitrogens with zero attached hydrogens (tertiary/aromatic N) is 3. The van der Waals surface area contributed by atoms with E-state index in [2.05, 4.69) is 10.3 Å². The van der Waals surface area contributed by atoms with Gasteiger partial charge in [-0.15, -0.1) is 5.10 Å². The maximum absolute atomic E-state index is 13.1. The Balaban J connectivity index is 1.96. The van der Waals surface area contributed by atoms with Crippen LogP contribution in [-0.4, -0.2) is 40.4 Å². The molecule has 24 heavy (non-hydrogen) atoms. The number of benzene rings is 1. The van der Waals surface area contributed by atoms with Gasteiger partial charge in [0, 0.05) is 26.1 Å². The molecule has 3 rings (SSSR count). The molecule has 0 radical (unpaired) electrons. The Labute approximate surface area is 135 Å². The van der Waals surface area contributed by atoms with Crippen LogP contribution in [0.4, 0.5) is 13.2 Å². The van der Waals surface area contributed by atoms with Crippen molar-refractivity contribution in [2.75, 3.05) is 20.3 Å². The molecule has 0 spiro atoms. The molecule has 6 nitrogen and oxygen atoms in total. The first-order valence-corrected chi connectivity index (χ1v) is 7.32. The van der Waals surface area contributed by atoms with Crippen LogP contribution in [0.1, 0.15) is 24.1 Å². The number of halogens is 3. The number of hydrogen-bond acceptors (Lipinski definition) is 5. The second-order valence-corrected chi connectivity index (χ2v) is 5.57. The van der Waals surface area contributed by atoms with Crippen molar-refractivity contribution in [3.8, 4) is 11.4 Å². The van der Waals surface area contributed by atoms with Crippen LogP contribution >= 0.6 is 0 Å². The second kappa shape index (κ2) is 6.06. The molecule has 1 N–H and O–H groups in total. The van der Waals surface area contributed by atoms with Crippen molar-refractivity contribution in [2.45, 2.75) is 24.6 Å². The average molecular weight is 343 g/mol.